The molecule has 0 saturated carbocycles. The van der Waals surface area contributed by atoms with Crippen LogP contribution in [0.4, 0.5) is 0 Å². The van der Waals surface area contributed by atoms with Crippen LogP contribution in [-0.4, -0.2) is 36.9 Å². The van der Waals surface area contributed by atoms with Crippen molar-refractivity contribution in [3.05, 3.63) is 64.7 Å². The van der Waals surface area contributed by atoms with Crippen molar-refractivity contribution in [1.29, 1.82) is 0 Å². The van der Waals surface area contributed by atoms with Crippen molar-refractivity contribution in [2.45, 2.75) is 19.6 Å². The number of rotatable bonds is 9. The van der Waals surface area contributed by atoms with E-state index in [1.807, 2.05) is 18.2 Å². The summed E-state index contributed by atoms with van der Waals surface area (Å²) in [5.41, 5.74) is 3.23. The summed E-state index contributed by atoms with van der Waals surface area (Å²) in [5.74, 6) is 1.04. The van der Waals surface area contributed by atoms with Crippen LogP contribution in [0.15, 0.2) is 42.5 Å². The Balaban J connectivity index is 1.88. The third-order valence-corrected chi connectivity index (χ3v) is 4.16. The van der Waals surface area contributed by atoms with Crippen molar-refractivity contribution in [3.8, 4) is 11.5 Å². The van der Waals surface area contributed by atoms with Crippen LogP contribution in [0.3, 0.4) is 0 Å². The maximum absolute atomic E-state index is 12.0. The van der Waals surface area contributed by atoms with Gasteiger partial charge in [-0.05, 0) is 46.9 Å². The summed E-state index contributed by atoms with van der Waals surface area (Å²) in [6.07, 6.45) is 3.81. The summed E-state index contributed by atoms with van der Waals surface area (Å²) in [7, 11) is 3.13. The molecule has 0 saturated heterocycles. The minimum atomic E-state index is -0.195. The molecule has 2 rings (SSSR count). The molecule has 1 amide bonds. The fourth-order valence-electron chi connectivity index (χ4n) is 2.65. The molecule has 27 heavy (non-hydrogen) atoms. The van der Waals surface area contributed by atoms with Gasteiger partial charge in [0.1, 0.15) is 0 Å². The van der Waals surface area contributed by atoms with Crippen molar-refractivity contribution in [2.24, 2.45) is 0 Å². The van der Waals surface area contributed by atoms with Gasteiger partial charge in [0.2, 0.25) is 5.91 Å². The molecule has 2 aromatic carbocycles. The van der Waals surface area contributed by atoms with E-state index in [0.29, 0.717) is 35.6 Å². The quantitative estimate of drug-likeness (QED) is 0.587. The lowest BCUT2D eigenvalue weighted by atomic mass is 10.0. The minimum Gasteiger partial charge on any atom is -0.493 e. The van der Waals surface area contributed by atoms with Crippen LogP contribution < -0.4 is 14.8 Å². The molecule has 0 aliphatic heterocycles. The smallest absolute Gasteiger partial charge is 0.244 e. The van der Waals surface area contributed by atoms with Crippen LogP contribution in [0.2, 0.25) is 0 Å². The van der Waals surface area contributed by atoms with E-state index in [0.717, 1.165) is 11.1 Å². The Labute approximate surface area is 159 Å². The molecule has 0 unspecified atom stereocenters. The lowest BCUT2D eigenvalue weighted by Crippen LogP contribution is -2.23. The molecule has 0 aliphatic rings. The van der Waals surface area contributed by atoms with E-state index >= 15 is 0 Å². The molecule has 0 aliphatic carbocycles. The third kappa shape index (κ3) is 5.84. The van der Waals surface area contributed by atoms with E-state index in [1.54, 1.807) is 38.5 Å². The molecular formula is C21H25NO5. The standard InChI is InChI=1S/C21H25NO5/c1-26-19-7-4-15(12-20(19)27-2)5-8-21(25)22-10-9-16-3-6-17(13-23)18(11-16)14-24/h3-8,11-12,23-24H,9-10,13-14H2,1-2H3,(H,22,25)/b8-5-. The zero-order valence-corrected chi connectivity index (χ0v) is 15.6. The van der Waals surface area contributed by atoms with Crippen molar-refractivity contribution in [2.75, 3.05) is 20.8 Å². The Morgan fingerprint density at radius 3 is 2.41 bits per heavy atom. The largest absolute Gasteiger partial charge is 0.493 e. The van der Waals surface area contributed by atoms with Crippen LogP contribution in [-0.2, 0) is 24.4 Å². The summed E-state index contributed by atoms with van der Waals surface area (Å²) >= 11 is 0. The molecule has 0 spiro atoms. The van der Waals surface area contributed by atoms with Gasteiger partial charge in [-0.25, -0.2) is 0 Å². The highest BCUT2D eigenvalue weighted by atomic mass is 16.5. The van der Waals surface area contributed by atoms with E-state index in [4.69, 9.17) is 9.47 Å². The first-order chi connectivity index (χ1) is 13.1. The van der Waals surface area contributed by atoms with E-state index in [-0.39, 0.29) is 19.1 Å². The van der Waals surface area contributed by atoms with Gasteiger partial charge >= 0.3 is 0 Å². The predicted octanol–water partition coefficient (Wildman–Crippen LogP) is 2.06. The Kier molecular flexibility index (Phi) is 7.85. The first-order valence-corrected chi connectivity index (χ1v) is 8.61. The summed E-state index contributed by atoms with van der Waals surface area (Å²) in [5, 5.41) is 21.4. The average Bonchev–Trinajstić information content (AvgIpc) is 2.71. The molecule has 0 radical (unpaired) electrons. The van der Waals surface area contributed by atoms with Crippen LogP contribution in [0.1, 0.15) is 22.3 Å². The van der Waals surface area contributed by atoms with E-state index in [1.165, 1.54) is 6.08 Å². The Bertz CT molecular complexity index is 801. The van der Waals surface area contributed by atoms with E-state index in [9.17, 15) is 15.0 Å². The third-order valence-electron chi connectivity index (χ3n) is 4.16. The first kappa shape index (κ1) is 20.5. The molecular weight excluding hydrogens is 346 g/mol. The Morgan fingerprint density at radius 1 is 1.00 bits per heavy atom. The number of benzene rings is 2. The second kappa shape index (κ2) is 10.4. The second-order valence-electron chi connectivity index (χ2n) is 5.91. The van der Waals surface area contributed by atoms with Crippen LogP contribution in [0, 0.1) is 0 Å². The summed E-state index contributed by atoms with van der Waals surface area (Å²) in [4.78, 5) is 12.0. The number of hydrogen-bond donors (Lipinski definition) is 3. The SMILES string of the molecule is COc1ccc(/C=C\C(=O)NCCc2ccc(CO)c(CO)c2)cc1OC. The molecule has 144 valence electrons. The molecule has 0 fully saturated rings. The molecule has 0 heterocycles. The van der Waals surface area contributed by atoms with Gasteiger partial charge in [0.25, 0.3) is 0 Å². The van der Waals surface area contributed by atoms with Gasteiger partial charge < -0.3 is 25.0 Å². The normalized spacial score (nSPS) is 10.8. The molecule has 6 nitrogen and oxygen atoms in total. The summed E-state index contributed by atoms with van der Waals surface area (Å²) < 4.78 is 10.4. The van der Waals surface area contributed by atoms with Gasteiger partial charge in [0.05, 0.1) is 27.4 Å². The van der Waals surface area contributed by atoms with Gasteiger partial charge in [-0.1, -0.05) is 24.3 Å². The predicted molar refractivity (Wildman–Crippen MR) is 104 cm³/mol. The Morgan fingerprint density at radius 2 is 1.74 bits per heavy atom. The molecule has 0 atom stereocenters. The number of aliphatic hydroxyl groups is 2. The lowest BCUT2D eigenvalue weighted by Gasteiger charge is -2.09. The summed E-state index contributed by atoms with van der Waals surface area (Å²) in [6, 6.07) is 10.9. The topological polar surface area (TPSA) is 88.0 Å². The highest BCUT2D eigenvalue weighted by Crippen LogP contribution is 2.27. The minimum absolute atomic E-state index is 0.103. The second-order valence-corrected chi connectivity index (χ2v) is 5.91. The molecule has 6 heteroatoms. The fourth-order valence-corrected chi connectivity index (χ4v) is 2.65. The highest BCUT2D eigenvalue weighted by Gasteiger charge is 2.04. The fraction of sp³-hybridized carbons (Fsp3) is 0.286. The van der Waals surface area contributed by atoms with Crippen LogP contribution >= 0.6 is 0 Å². The number of nitrogens with one attached hydrogen (secondary N) is 1. The number of carbonyl (C=O) groups excluding carboxylic acids is 1. The molecule has 0 bridgehead atoms. The maximum atomic E-state index is 12.0. The van der Waals surface area contributed by atoms with Crippen LogP contribution in [0.5, 0.6) is 11.5 Å². The zero-order valence-electron chi connectivity index (χ0n) is 15.6. The van der Waals surface area contributed by atoms with Crippen molar-refractivity contribution >= 4 is 12.0 Å². The van der Waals surface area contributed by atoms with E-state index in [2.05, 4.69) is 5.32 Å². The van der Waals surface area contributed by atoms with Crippen LogP contribution in [0.25, 0.3) is 6.08 Å². The first-order valence-electron chi connectivity index (χ1n) is 8.61. The molecule has 3 N–H and O–H groups in total. The lowest BCUT2D eigenvalue weighted by molar-refractivity contribution is -0.116. The Hall–Kier alpha value is -2.83. The number of methoxy groups -OCH3 is 2. The highest BCUT2D eigenvalue weighted by molar-refractivity contribution is 5.91. The van der Waals surface area contributed by atoms with Crippen molar-refractivity contribution in [3.63, 3.8) is 0 Å². The number of aliphatic hydroxyl groups excluding tert-OH is 2. The van der Waals surface area contributed by atoms with E-state index < -0.39 is 0 Å². The van der Waals surface area contributed by atoms with Gasteiger partial charge in [0.15, 0.2) is 11.5 Å². The number of amides is 1. The number of hydrogen-bond acceptors (Lipinski definition) is 5. The molecule has 2 aromatic rings. The summed E-state index contributed by atoms with van der Waals surface area (Å²) in [6.45, 7) is 0.246. The van der Waals surface area contributed by atoms with Gasteiger partial charge in [-0.15, -0.1) is 0 Å². The maximum Gasteiger partial charge on any atom is 0.244 e. The number of carbonyl (C=O) groups is 1. The average molecular weight is 371 g/mol. The van der Waals surface area contributed by atoms with Gasteiger partial charge in [-0.3, -0.25) is 4.79 Å². The van der Waals surface area contributed by atoms with Crippen molar-refractivity contribution in [1.82, 2.24) is 5.32 Å². The zero-order chi connectivity index (χ0) is 19.6. The van der Waals surface area contributed by atoms with Gasteiger partial charge in [-0.2, -0.15) is 0 Å². The monoisotopic (exact) mass is 371 g/mol. The van der Waals surface area contributed by atoms with Gasteiger partial charge in [0, 0.05) is 12.6 Å². The number of ether oxygens (including phenoxy) is 2. The van der Waals surface area contributed by atoms with Crippen molar-refractivity contribution < 1.29 is 24.5 Å². The molecule has 0 aromatic heterocycles.